The Kier molecular flexibility index (Phi) is 11.5. The van der Waals surface area contributed by atoms with Gasteiger partial charge >= 0.3 is 0 Å². The van der Waals surface area contributed by atoms with Crippen molar-refractivity contribution in [3.05, 3.63) is 0 Å². The fraction of sp³-hybridized carbons (Fsp3) is 1.00. The van der Waals surface area contributed by atoms with Gasteiger partial charge in [-0.1, -0.05) is 13.3 Å². The number of unbranched alkanes of at least 4 members (excludes halogenated alkanes) is 1. The first-order valence-electron chi connectivity index (χ1n) is 6.60. The molecule has 0 N–H and O–H groups in total. The number of hydrogen-bond donors (Lipinski definition) is 0. The molecule has 0 bridgehead atoms. The summed E-state index contributed by atoms with van der Waals surface area (Å²) in [6.45, 7) is 10.3. The smallest absolute Gasteiger partial charge is 0.272 e. The summed E-state index contributed by atoms with van der Waals surface area (Å²) >= 11 is 1.93. The molecular weight excluding hydrogens is 236 g/mol. The van der Waals surface area contributed by atoms with Crippen LogP contribution in [0.15, 0.2) is 0 Å². The summed E-state index contributed by atoms with van der Waals surface area (Å²) in [7, 11) is 0. The van der Waals surface area contributed by atoms with Crippen molar-refractivity contribution in [2.75, 3.05) is 18.1 Å². The summed E-state index contributed by atoms with van der Waals surface area (Å²) in [4.78, 5) is 0. The molecule has 2 atom stereocenters. The maximum atomic E-state index is 5.72. The van der Waals surface area contributed by atoms with E-state index in [2.05, 4.69) is 13.8 Å². The molecule has 0 amide bonds. The Hall–Kier alpha value is 0.230. The maximum absolute atomic E-state index is 5.72. The standard InChI is InChI=1S/C13H28O3S/c1-6-8-9-17-10-12(5)16-13(14-7-2)15-11(3)4/h11-13H,6-10H2,1-5H3. The van der Waals surface area contributed by atoms with Gasteiger partial charge in [-0.05, 0) is 39.9 Å². The van der Waals surface area contributed by atoms with E-state index in [-0.39, 0.29) is 12.2 Å². The van der Waals surface area contributed by atoms with E-state index in [0.29, 0.717) is 6.61 Å². The van der Waals surface area contributed by atoms with Gasteiger partial charge in [0.25, 0.3) is 6.48 Å². The Balaban J connectivity index is 3.74. The van der Waals surface area contributed by atoms with E-state index in [9.17, 15) is 0 Å². The summed E-state index contributed by atoms with van der Waals surface area (Å²) in [5, 5.41) is 0. The van der Waals surface area contributed by atoms with Crippen molar-refractivity contribution in [3.63, 3.8) is 0 Å². The van der Waals surface area contributed by atoms with Crippen LogP contribution in [0.5, 0.6) is 0 Å². The molecule has 0 aliphatic rings. The van der Waals surface area contributed by atoms with Crippen LogP contribution in [-0.2, 0) is 14.2 Å². The Bertz CT molecular complexity index is 165. The quantitative estimate of drug-likeness (QED) is 0.420. The normalized spacial score (nSPS) is 15.2. The molecule has 0 aromatic heterocycles. The Labute approximate surface area is 111 Å². The van der Waals surface area contributed by atoms with Gasteiger partial charge in [0, 0.05) is 12.4 Å². The van der Waals surface area contributed by atoms with E-state index in [1.54, 1.807) is 0 Å². The zero-order chi connectivity index (χ0) is 13.1. The van der Waals surface area contributed by atoms with E-state index in [4.69, 9.17) is 14.2 Å². The van der Waals surface area contributed by atoms with Gasteiger partial charge < -0.3 is 14.2 Å². The number of thioether (sulfide) groups is 1. The first-order chi connectivity index (χ1) is 8.10. The topological polar surface area (TPSA) is 27.7 Å². The lowest BCUT2D eigenvalue weighted by Crippen LogP contribution is -2.29. The van der Waals surface area contributed by atoms with Crippen molar-refractivity contribution in [1.29, 1.82) is 0 Å². The van der Waals surface area contributed by atoms with Gasteiger partial charge in [-0.2, -0.15) is 11.8 Å². The molecule has 0 heterocycles. The average molecular weight is 264 g/mol. The molecule has 0 spiro atoms. The molecule has 104 valence electrons. The number of ether oxygens (including phenoxy) is 3. The second kappa shape index (κ2) is 11.3. The van der Waals surface area contributed by atoms with E-state index in [1.165, 1.54) is 18.6 Å². The van der Waals surface area contributed by atoms with Crippen molar-refractivity contribution in [3.8, 4) is 0 Å². The van der Waals surface area contributed by atoms with Gasteiger partial charge in [-0.3, -0.25) is 0 Å². The Morgan fingerprint density at radius 1 is 1.06 bits per heavy atom. The fourth-order valence-corrected chi connectivity index (χ4v) is 2.26. The van der Waals surface area contributed by atoms with Crippen LogP contribution in [0.2, 0.25) is 0 Å². The summed E-state index contributed by atoms with van der Waals surface area (Å²) in [6.07, 6.45) is 2.80. The second-order valence-corrected chi connectivity index (χ2v) is 5.45. The molecule has 0 saturated heterocycles. The van der Waals surface area contributed by atoms with Gasteiger partial charge in [-0.25, -0.2) is 0 Å². The van der Waals surface area contributed by atoms with Crippen molar-refractivity contribution in [2.45, 2.75) is 66.1 Å². The Morgan fingerprint density at radius 2 is 1.76 bits per heavy atom. The predicted octanol–water partition coefficient (Wildman–Crippen LogP) is 3.67. The van der Waals surface area contributed by atoms with Gasteiger partial charge in [0.15, 0.2) is 0 Å². The van der Waals surface area contributed by atoms with Crippen LogP contribution in [0.4, 0.5) is 0 Å². The summed E-state index contributed by atoms with van der Waals surface area (Å²) < 4.78 is 16.6. The number of rotatable bonds is 11. The van der Waals surface area contributed by atoms with Crippen LogP contribution in [0, 0.1) is 0 Å². The van der Waals surface area contributed by atoms with Crippen molar-refractivity contribution >= 4 is 11.8 Å². The highest BCUT2D eigenvalue weighted by Crippen LogP contribution is 2.12. The van der Waals surface area contributed by atoms with Crippen LogP contribution in [0.1, 0.15) is 47.5 Å². The van der Waals surface area contributed by atoms with Crippen LogP contribution in [0.25, 0.3) is 0 Å². The highest BCUT2D eigenvalue weighted by Gasteiger charge is 2.15. The van der Waals surface area contributed by atoms with Gasteiger partial charge in [0.1, 0.15) is 0 Å². The third kappa shape index (κ3) is 11.1. The summed E-state index contributed by atoms with van der Waals surface area (Å²) in [5.41, 5.74) is 0. The molecular formula is C13H28O3S. The highest BCUT2D eigenvalue weighted by atomic mass is 32.2. The molecule has 0 rings (SSSR count). The van der Waals surface area contributed by atoms with Crippen LogP contribution in [0.3, 0.4) is 0 Å². The molecule has 0 saturated carbocycles. The summed E-state index contributed by atoms with van der Waals surface area (Å²) in [6, 6.07) is 0. The minimum atomic E-state index is -0.526. The van der Waals surface area contributed by atoms with E-state index in [1.807, 2.05) is 32.5 Å². The molecule has 0 radical (unpaired) electrons. The van der Waals surface area contributed by atoms with Crippen molar-refractivity contribution in [1.82, 2.24) is 0 Å². The molecule has 0 fully saturated rings. The lowest BCUT2D eigenvalue weighted by molar-refractivity contribution is -0.309. The Morgan fingerprint density at radius 3 is 2.29 bits per heavy atom. The average Bonchev–Trinajstić information content (AvgIpc) is 2.24. The summed E-state index contributed by atoms with van der Waals surface area (Å²) in [5.74, 6) is 2.19. The molecule has 0 aliphatic heterocycles. The molecule has 17 heavy (non-hydrogen) atoms. The molecule has 4 heteroatoms. The van der Waals surface area contributed by atoms with E-state index < -0.39 is 6.48 Å². The monoisotopic (exact) mass is 264 g/mol. The minimum Gasteiger partial charge on any atom is -0.330 e. The first kappa shape index (κ1) is 17.2. The lowest BCUT2D eigenvalue weighted by atomic mass is 10.4. The molecule has 0 aromatic carbocycles. The molecule has 2 unspecified atom stereocenters. The van der Waals surface area contributed by atoms with Gasteiger partial charge in [0.2, 0.25) is 0 Å². The molecule has 0 aromatic rings. The first-order valence-corrected chi connectivity index (χ1v) is 7.75. The zero-order valence-electron chi connectivity index (χ0n) is 11.9. The highest BCUT2D eigenvalue weighted by molar-refractivity contribution is 7.99. The fourth-order valence-electron chi connectivity index (χ4n) is 1.19. The van der Waals surface area contributed by atoms with E-state index in [0.717, 1.165) is 5.75 Å². The van der Waals surface area contributed by atoms with Crippen LogP contribution < -0.4 is 0 Å². The van der Waals surface area contributed by atoms with Crippen LogP contribution >= 0.6 is 11.8 Å². The minimum absolute atomic E-state index is 0.117. The SMILES string of the molecule is CCCCSCC(C)OC(OCC)OC(C)C. The van der Waals surface area contributed by atoms with Gasteiger partial charge in [0.05, 0.1) is 12.2 Å². The molecule has 3 nitrogen and oxygen atoms in total. The number of hydrogen-bond acceptors (Lipinski definition) is 4. The zero-order valence-corrected chi connectivity index (χ0v) is 12.7. The van der Waals surface area contributed by atoms with Gasteiger partial charge in [-0.15, -0.1) is 0 Å². The third-order valence-electron chi connectivity index (χ3n) is 2.02. The largest absolute Gasteiger partial charge is 0.330 e. The second-order valence-electron chi connectivity index (χ2n) is 4.30. The molecule has 0 aliphatic carbocycles. The van der Waals surface area contributed by atoms with Crippen molar-refractivity contribution < 1.29 is 14.2 Å². The van der Waals surface area contributed by atoms with Crippen molar-refractivity contribution in [2.24, 2.45) is 0 Å². The third-order valence-corrected chi connectivity index (χ3v) is 3.31. The van der Waals surface area contributed by atoms with Crippen LogP contribution in [-0.4, -0.2) is 36.8 Å². The lowest BCUT2D eigenvalue weighted by Gasteiger charge is -2.23. The maximum Gasteiger partial charge on any atom is 0.272 e. The van der Waals surface area contributed by atoms with E-state index >= 15 is 0 Å². The predicted molar refractivity (Wildman–Crippen MR) is 74.4 cm³/mol.